The molecule has 0 saturated heterocycles. The average Bonchev–Trinajstić information content (AvgIpc) is 3.10. The summed E-state index contributed by atoms with van der Waals surface area (Å²) >= 11 is 1.16. The van der Waals surface area contributed by atoms with Gasteiger partial charge < -0.3 is 15.1 Å². The maximum Gasteiger partial charge on any atom is 0.246 e. The highest BCUT2D eigenvalue weighted by molar-refractivity contribution is 7.00. The quantitative estimate of drug-likeness (QED) is 0.705. The molecule has 0 atom stereocenters. The average molecular weight is 399 g/mol. The summed E-state index contributed by atoms with van der Waals surface area (Å²) in [6.07, 6.45) is 1.73. The fraction of sp³-hybridized carbons (Fsp3) is 0.278. The lowest BCUT2D eigenvalue weighted by atomic mass is 10.2. The van der Waals surface area contributed by atoms with Gasteiger partial charge in [0.2, 0.25) is 11.9 Å². The van der Waals surface area contributed by atoms with Gasteiger partial charge >= 0.3 is 0 Å². The maximum absolute atomic E-state index is 13.1. The highest BCUT2D eigenvalue weighted by atomic mass is 32.1. The Bertz CT molecular complexity index is 1080. The van der Waals surface area contributed by atoms with Crippen LogP contribution in [-0.2, 0) is 4.79 Å². The van der Waals surface area contributed by atoms with Crippen molar-refractivity contribution in [2.45, 2.75) is 13.3 Å². The second kappa shape index (κ2) is 7.12. The summed E-state index contributed by atoms with van der Waals surface area (Å²) in [6.45, 7) is 5.69. The monoisotopic (exact) mass is 399 g/mol. The number of carbonyl (C=O) groups excluding carboxylic acids is 1. The third-order valence-electron chi connectivity index (χ3n) is 4.61. The lowest BCUT2D eigenvalue weighted by Crippen LogP contribution is -2.45. The van der Waals surface area contributed by atoms with Crippen LogP contribution < -0.4 is 15.1 Å². The molecule has 0 radical (unpaired) electrons. The second-order valence-electron chi connectivity index (χ2n) is 6.59. The first-order valence-corrected chi connectivity index (χ1v) is 9.37. The molecule has 8 nitrogen and oxygen atoms in total. The Morgan fingerprint density at radius 1 is 1.36 bits per heavy atom. The van der Waals surface area contributed by atoms with Gasteiger partial charge in [-0.15, -0.1) is 0 Å². The molecule has 0 bridgehead atoms. The Balaban J connectivity index is 1.67. The van der Waals surface area contributed by atoms with Gasteiger partial charge in [0, 0.05) is 25.7 Å². The minimum Gasteiger partial charge on any atom is -0.345 e. The Labute approximate surface area is 165 Å². The Morgan fingerprint density at radius 3 is 2.86 bits per heavy atom. The van der Waals surface area contributed by atoms with E-state index in [1.807, 2.05) is 19.1 Å². The molecule has 1 aliphatic heterocycles. The van der Waals surface area contributed by atoms with Gasteiger partial charge in [0.05, 0.1) is 30.3 Å². The van der Waals surface area contributed by atoms with Crippen molar-refractivity contribution in [3.8, 4) is 0 Å². The lowest BCUT2D eigenvalue weighted by Gasteiger charge is -2.34. The van der Waals surface area contributed by atoms with Crippen LogP contribution in [0.5, 0.6) is 0 Å². The van der Waals surface area contributed by atoms with Gasteiger partial charge in [-0.25, -0.2) is 9.37 Å². The van der Waals surface area contributed by atoms with E-state index in [2.05, 4.69) is 30.6 Å². The van der Waals surface area contributed by atoms with Gasteiger partial charge in [0.25, 0.3) is 0 Å². The number of hydrogen-bond donors (Lipinski definition) is 1. The summed E-state index contributed by atoms with van der Waals surface area (Å²) in [5, 5.41) is 3.21. The van der Waals surface area contributed by atoms with Gasteiger partial charge in [0.1, 0.15) is 16.7 Å². The molecule has 0 aliphatic carbocycles. The largest absolute Gasteiger partial charge is 0.345 e. The van der Waals surface area contributed by atoms with Crippen molar-refractivity contribution in [1.29, 1.82) is 0 Å². The number of halogens is 1. The van der Waals surface area contributed by atoms with E-state index < -0.39 is 5.83 Å². The number of amides is 1. The van der Waals surface area contributed by atoms with Gasteiger partial charge in [-0.05, 0) is 24.6 Å². The van der Waals surface area contributed by atoms with Crippen LogP contribution in [0.1, 0.15) is 12.0 Å². The number of nitrogens with zero attached hydrogens (tertiary/aromatic N) is 6. The highest BCUT2D eigenvalue weighted by Gasteiger charge is 2.28. The smallest absolute Gasteiger partial charge is 0.246 e. The SMILES string of the molecule is C=C(F)CCN1CC(=O)N(C)c2cnc(Nc3cc4nsnc4cc3C)nc21. The molecule has 1 amide bonds. The summed E-state index contributed by atoms with van der Waals surface area (Å²) in [7, 11) is 1.68. The van der Waals surface area contributed by atoms with Crippen molar-refractivity contribution in [2.24, 2.45) is 0 Å². The van der Waals surface area contributed by atoms with E-state index in [0.29, 0.717) is 24.0 Å². The second-order valence-corrected chi connectivity index (χ2v) is 7.12. The molecule has 10 heteroatoms. The summed E-state index contributed by atoms with van der Waals surface area (Å²) in [5.41, 5.74) is 4.03. The molecule has 4 rings (SSSR count). The van der Waals surface area contributed by atoms with Crippen LogP contribution in [0.4, 0.5) is 27.5 Å². The predicted octanol–water partition coefficient (Wildman–Crippen LogP) is 3.19. The Morgan fingerprint density at radius 2 is 2.11 bits per heavy atom. The number of rotatable bonds is 5. The van der Waals surface area contributed by atoms with Crippen LogP contribution in [0.2, 0.25) is 0 Å². The molecule has 0 unspecified atom stereocenters. The molecular formula is C18H18FN7OS. The van der Waals surface area contributed by atoms with Crippen LogP contribution in [0, 0.1) is 6.92 Å². The van der Waals surface area contributed by atoms with E-state index in [4.69, 9.17) is 0 Å². The van der Waals surface area contributed by atoms with Gasteiger partial charge in [-0.2, -0.15) is 13.7 Å². The van der Waals surface area contributed by atoms with Gasteiger partial charge in [-0.3, -0.25) is 4.79 Å². The standard InChI is InChI=1S/C18H18FN7OS/c1-10-6-13-14(24-28-23-13)7-12(10)21-18-20-8-15-17(22-18)26(5-4-11(2)19)9-16(27)25(15)3/h6-8H,2,4-5,9H2,1,3H3,(H,20,21,22). The fourth-order valence-electron chi connectivity index (χ4n) is 3.01. The molecule has 2 aromatic heterocycles. The van der Waals surface area contributed by atoms with Crippen molar-refractivity contribution in [3.05, 3.63) is 36.3 Å². The Kier molecular flexibility index (Phi) is 4.63. The molecule has 1 N–H and O–H groups in total. The van der Waals surface area contributed by atoms with Crippen LogP contribution in [-0.4, -0.2) is 44.8 Å². The number of fused-ring (bicyclic) bond motifs is 2. The zero-order valence-electron chi connectivity index (χ0n) is 15.4. The summed E-state index contributed by atoms with van der Waals surface area (Å²) < 4.78 is 21.6. The number of carbonyl (C=O) groups is 1. The van der Waals surface area contributed by atoms with Crippen molar-refractivity contribution >= 4 is 51.8 Å². The van der Waals surface area contributed by atoms with Crippen LogP contribution >= 0.6 is 11.7 Å². The first-order chi connectivity index (χ1) is 13.4. The van der Waals surface area contributed by atoms with E-state index >= 15 is 0 Å². The number of likely N-dealkylation sites (N-methyl/N-ethyl adjacent to an activating group) is 1. The lowest BCUT2D eigenvalue weighted by molar-refractivity contribution is -0.117. The van der Waals surface area contributed by atoms with Gasteiger partial charge in [-0.1, -0.05) is 6.58 Å². The van der Waals surface area contributed by atoms with Gasteiger partial charge in [0.15, 0.2) is 5.82 Å². The first-order valence-electron chi connectivity index (χ1n) is 8.64. The van der Waals surface area contributed by atoms with E-state index in [0.717, 1.165) is 34.0 Å². The fourth-order valence-corrected chi connectivity index (χ4v) is 3.52. The number of nitrogens with one attached hydrogen (secondary N) is 1. The predicted molar refractivity (Wildman–Crippen MR) is 108 cm³/mol. The first kappa shape index (κ1) is 18.2. The van der Waals surface area contributed by atoms with Crippen molar-refractivity contribution in [3.63, 3.8) is 0 Å². The summed E-state index contributed by atoms with van der Waals surface area (Å²) in [6, 6.07) is 3.85. The number of anilines is 4. The van der Waals surface area contributed by atoms with E-state index in [1.165, 1.54) is 4.90 Å². The molecule has 144 valence electrons. The maximum atomic E-state index is 13.1. The molecule has 1 aromatic carbocycles. The van der Waals surface area contributed by atoms with E-state index in [1.54, 1.807) is 18.1 Å². The minimum atomic E-state index is -0.430. The molecule has 28 heavy (non-hydrogen) atoms. The Hall–Kier alpha value is -3.14. The van der Waals surface area contributed by atoms with E-state index in [9.17, 15) is 9.18 Å². The minimum absolute atomic E-state index is 0.0985. The van der Waals surface area contributed by atoms with Crippen molar-refractivity contribution < 1.29 is 9.18 Å². The zero-order valence-corrected chi connectivity index (χ0v) is 16.3. The third kappa shape index (κ3) is 3.38. The number of benzene rings is 1. The third-order valence-corrected chi connectivity index (χ3v) is 5.17. The number of aryl methyl sites for hydroxylation is 1. The van der Waals surface area contributed by atoms with Crippen molar-refractivity contribution in [1.82, 2.24) is 18.7 Å². The summed E-state index contributed by atoms with van der Waals surface area (Å²) in [4.78, 5) is 24.4. The molecule has 0 saturated carbocycles. The molecule has 3 aromatic rings. The molecular weight excluding hydrogens is 381 g/mol. The topological polar surface area (TPSA) is 87.1 Å². The number of hydrogen-bond acceptors (Lipinski definition) is 8. The normalized spacial score (nSPS) is 13.8. The van der Waals surface area contributed by atoms with Crippen LogP contribution in [0.3, 0.4) is 0 Å². The van der Waals surface area contributed by atoms with Crippen LogP contribution in [0.25, 0.3) is 11.0 Å². The molecule has 1 aliphatic rings. The molecule has 3 heterocycles. The highest BCUT2D eigenvalue weighted by Crippen LogP contribution is 2.32. The van der Waals surface area contributed by atoms with E-state index in [-0.39, 0.29) is 18.9 Å². The molecule has 0 spiro atoms. The summed E-state index contributed by atoms with van der Waals surface area (Å²) in [5.74, 6) is 0.436. The van der Waals surface area contributed by atoms with Crippen LogP contribution in [0.15, 0.2) is 30.7 Å². The zero-order chi connectivity index (χ0) is 19.8. The van der Waals surface area contributed by atoms with Crippen molar-refractivity contribution in [2.75, 3.05) is 35.3 Å². The number of aromatic nitrogens is 4. The molecule has 0 fully saturated rings.